The minimum Gasteiger partial charge on any atom is -0.477 e. The van der Waals surface area contributed by atoms with Gasteiger partial charge in [0.1, 0.15) is 12.0 Å². The van der Waals surface area contributed by atoms with Gasteiger partial charge in [0.15, 0.2) is 0 Å². The van der Waals surface area contributed by atoms with Gasteiger partial charge in [0, 0.05) is 29.0 Å². The molecule has 0 aliphatic carbocycles. The summed E-state index contributed by atoms with van der Waals surface area (Å²) in [6, 6.07) is -0.217. The predicted molar refractivity (Wildman–Crippen MR) is 139 cm³/mol. The van der Waals surface area contributed by atoms with Gasteiger partial charge in [-0.05, 0) is 79.9 Å². The first-order valence-electron chi connectivity index (χ1n) is 12.7. The lowest BCUT2D eigenvalue weighted by Gasteiger charge is -2.46. The molecule has 0 bridgehead atoms. The first-order valence-corrected chi connectivity index (χ1v) is 13.6. The maximum absolute atomic E-state index is 12.4. The van der Waals surface area contributed by atoms with Crippen molar-refractivity contribution in [2.24, 2.45) is 11.8 Å². The molecule has 3 aliphatic rings. The Morgan fingerprint density at radius 1 is 1.31 bits per heavy atom. The number of unbranched alkanes of at least 4 members (excludes halogenated alkanes) is 2. The van der Waals surface area contributed by atoms with Gasteiger partial charge in [0.25, 0.3) is 0 Å². The highest BCUT2D eigenvalue weighted by atomic mass is 32.2. The zero-order valence-corrected chi connectivity index (χ0v) is 22.7. The number of carbonyl (C=O) groups is 3. The second kappa shape index (κ2) is 14.3. The number of fused-ring (bicyclic) bond motifs is 1. The molecule has 0 unspecified atom stereocenters. The molecule has 0 spiro atoms. The zero-order valence-electron chi connectivity index (χ0n) is 21.9. The SMILES string of the molecule is CN(C)CCCC=O.CNCCCCN1CC[C@@H](SC2=C(C(=O)O)N3C(=O)[C@H]([C@@H](C)O)[C@H]3[C@H]2C)C1. The van der Waals surface area contributed by atoms with E-state index in [1.165, 1.54) is 4.90 Å². The van der Waals surface area contributed by atoms with E-state index in [2.05, 4.69) is 15.1 Å². The number of aliphatic hydroxyl groups is 1. The number of rotatable bonds is 13. The van der Waals surface area contributed by atoms with E-state index < -0.39 is 18.0 Å². The van der Waals surface area contributed by atoms with Crippen molar-refractivity contribution in [3.05, 3.63) is 10.6 Å². The van der Waals surface area contributed by atoms with Gasteiger partial charge in [0.2, 0.25) is 5.91 Å². The number of thioether (sulfide) groups is 1. The molecule has 0 aromatic carbocycles. The fourth-order valence-electron chi connectivity index (χ4n) is 5.08. The van der Waals surface area contributed by atoms with E-state index in [4.69, 9.17) is 0 Å². The molecule has 5 atom stereocenters. The van der Waals surface area contributed by atoms with Crippen molar-refractivity contribution in [2.75, 3.05) is 53.9 Å². The van der Waals surface area contributed by atoms with Crippen LogP contribution >= 0.6 is 11.8 Å². The molecule has 3 aliphatic heterocycles. The van der Waals surface area contributed by atoms with Crippen LogP contribution < -0.4 is 5.32 Å². The van der Waals surface area contributed by atoms with E-state index in [1.54, 1.807) is 18.7 Å². The Hall–Kier alpha value is -1.46. The highest BCUT2D eigenvalue weighted by molar-refractivity contribution is 8.03. The zero-order chi connectivity index (χ0) is 26.1. The number of carboxylic acid groups (broad SMARTS) is 1. The summed E-state index contributed by atoms with van der Waals surface area (Å²) in [5.74, 6) is -1.82. The lowest BCUT2D eigenvalue weighted by molar-refractivity contribution is -0.163. The molecule has 0 aromatic heterocycles. The average molecular weight is 513 g/mol. The Balaban J connectivity index is 0.000000466. The molecule has 10 heteroatoms. The molecular formula is C25H44N4O5S. The summed E-state index contributed by atoms with van der Waals surface area (Å²) in [5.41, 5.74) is 0.145. The molecule has 2 saturated heterocycles. The quantitative estimate of drug-likeness (QED) is 0.192. The Morgan fingerprint density at radius 3 is 2.60 bits per heavy atom. The maximum atomic E-state index is 12.4. The van der Waals surface area contributed by atoms with Gasteiger partial charge < -0.3 is 35.0 Å². The lowest BCUT2D eigenvalue weighted by atomic mass is 9.79. The van der Waals surface area contributed by atoms with Gasteiger partial charge in [-0.2, -0.15) is 0 Å². The average Bonchev–Trinajstić information content (AvgIpc) is 3.33. The number of hydrogen-bond acceptors (Lipinski definition) is 8. The molecule has 3 rings (SSSR count). The van der Waals surface area contributed by atoms with Crippen LogP contribution in [0.1, 0.15) is 46.0 Å². The van der Waals surface area contributed by atoms with Crippen molar-refractivity contribution in [3.8, 4) is 0 Å². The van der Waals surface area contributed by atoms with Gasteiger partial charge in [0.05, 0.1) is 18.1 Å². The summed E-state index contributed by atoms with van der Waals surface area (Å²) in [7, 11) is 5.98. The number of amides is 1. The highest BCUT2D eigenvalue weighted by Gasteiger charge is 2.60. The van der Waals surface area contributed by atoms with Crippen LogP contribution in [-0.2, 0) is 14.4 Å². The fourth-order valence-corrected chi connectivity index (χ4v) is 6.60. The number of likely N-dealkylation sites (tertiary alicyclic amines) is 1. The topological polar surface area (TPSA) is 113 Å². The second-order valence-corrected chi connectivity index (χ2v) is 11.4. The number of aldehydes is 1. The van der Waals surface area contributed by atoms with Crippen molar-refractivity contribution < 1.29 is 24.6 Å². The predicted octanol–water partition coefficient (Wildman–Crippen LogP) is 1.47. The third-order valence-corrected chi connectivity index (χ3v) is 8.45. The van der Waals surface area contributed by atoms with Crippen LogP contribution in [0.25, 0.3) is 0 Å². The Morgan fingerprint density at radius 2 is 2.03 bits per heavy atom. The monoisotopic (exact) mass is 512 g/mol. The Bertz CT molecular complexity index is 760. The second-order valence-electron chi connectivity index (χ2n) is 10.0. The molecule has 9 nitrogen and oxygen atoms in total. The number of nitrogens with one attached hydrogen (secondary N) is 1. The molecule has 3 N–H and O–H groups in total. The number of aliphatic hydroxyl groups excluding tert-OH is 1. The van der Waals surface area contributed by atoms with Gasteiger partial charge in [-0.3, -0.25) is 4.79 Å². The van der Waals surface area contributed by atoms with Crippen LogP contribution in [0, 0.1) is 11.8 Å². The van der Waals surface area contributed by atoms with Crippen molar-refractivity contribution in [1.29, 1.82) is 0 Å². The largest absolute Gasteiger partial charge is 0.477 e. The molecule has 0 radical (unpaired) electrons. The number of carboxylic acids is 1. The number of nitrogens with zero attached hydrogens (tertiary/aromatic N) is 3. The van der Waals surface area contributed by atoms with Gasteiger partial charge in [-0.1, -0.05) is 6.92 Å². The summed E-state index contributed by atoms with van der Waals surface area (Å²) >= 11 is 1.64. The van der Waals surface area contributed by atoms with Crippen LogP contribution in [-0.4, -0.2) is 114 Å². The number of hydrogen-bond donors (Lipinski definition) is 3. The third-order valence-electron chi connectivity index (χ3n) is 6.91. The first-order chi connectivity index (χ1) is 16.6. The maximum Gasteiger partial charge on any atom is 0.353 e. The lowest BCUT2D eigenvalue weighted by Crippen LogP contribution is -2.63. The van der Waals surface area contributed by atoms with Crippen LogP contribution in [0.5, 0.6) is 0 Å². The van der Waals surface area contributed by atoms with Gasteiger partial charge >= 0.3 is 5.97 Å². The Labute approximate surface area is 214 Å². The van der Waals surface area contributed by atoms with E-state index in [9.17, 15) is 24.6 Å². The standard InChI is InChI=1S/C19H31N3O4S.C6H13NO/c1-11-15-14(12(2)23)18(24)22(15)16(19(25)26)17(11)27-13-6-9-21(10-13)8-5-4-7-20-3;1-7(2)5-3-4-6-8/h11-15,20,23H,4-10H2,1-3H3,(H,25,26);6H,3-5H2,1-2H3/t11-,12-,13-,14-,15-;/m1./s1. The third kappa shape index (κ3) is 7.76. The highest BCUT2D eigenvalue weighted by Crippen LogP contribution is 2.51. The molecule has 2 fully saturated rings. The van der Waals surface area contributed by atoms with Crippen molar-refractivity contribution in [2.45, 2.75) is 63.3 Å². The van der Waals surface area contributed by atoms with Crippen molar-refractivity contribution in [1.82, 2.24) is 20.0 Å². The number of carbonyl (C=O) groups excluding carboxylic acids is 2. The summed E-state index contributed by atoms with van der Waals surface area (Å²) in [6.07, 6.45) is 5.25. The van der Waals surface area contributed by atoms with Gasteiger partial charge in [-0.25, -0.2) is 4.79 Å². The fraction of sp³-hybridized carbons (Fsp3) is 0.800. The van der Waals surface area contributed by atoms with E-state index >= 15 is 0 Å². The molecule has 1 amide bonds. The summed E-state index contributed by atoms with van der Waals surface area (Å²) in [4.78, 5) is 40.8. The number of aliphatic carboxylic acids is 1. The van der Waals surface area contributed by atoms with Crippen LogP contribution in [0.15, 0.2) is 10.6 Å². The van der Waals surface area contributed by atoms with Gasteiger partial charge in [-0.15, -0.1) is 11.8 Å². The summed E-state index contributed by atoms with van der Waals surface area (Å²) in [6.45, 7) is 8.74. The van der Waals surface area contributed by atoms with E-state index in [1.807, 2.05) is 28.1 Å². The smallest absolute Gasteiger partial charge is 0.353 e. The molecule has 3 heterocycles. The van der Waals surface area contributed by atoms with Crippen molar-refractivity contribution in [3.63, 3.8) is 0 Å². The summed E-state index contributed by atoms with van der Waals surface area (Å²) < 4.78 is 0. The molecule has 0 saturated carbocycles. The Kier molecular flexibility index (Phi) is 12.2. The summed E-state index contributed by atoms with van der Waals surface area (Å²) in [5, 5.41) is 23.2. The van der Waals surface area contributed by atoms with Crippen LogP contribution in [0.3, 0.4) is 0 Å². The van der Waals surface area contributed by atoms with E-state index in [0.717, 1.165) is 69.6 Å². The van der Waals surface area contributed by atoms with Crippen LogP contribution in [0.4, 0.5) is 0 Å². The van der Waals surface area contributed by atoms with Crippen LogP contribution in [0.2, 0.25) is 0 Å². The minimum atomic E-state index is -1.04. The molecular weight excluding hydrogens is 468 g/mol. The van der Waals surface area contributed by atoms with E-state index in [-0.39, 0.29) is 23.6 Å². The molecule has 200 valence electrons. The molecule has 35 heavy (non-hydrogen) atoms. The first kappa shape index (κ1) is 29.8. The van der Waals surface area contributed by atoms with E-state index in [0.29, 0.717) is 11.7 Å². The molecule has 0 aromatic rings. The number of β-lactam (4-membered cyclic amide) rings is 1. The normalized spacial score (nSPS) is 26.9. The van der Waals surface area contributed by atoms with Crippen molar-refractivity contribution >= 4 is 29.9 Å². The minimum absolute atomic E-state index is 0.0388.